The molecule has 1 aliphatic rings. The van der Waals surface area contributed by atoms with Crippen LogP contribution in [0.25, 0.3) is 0 Å². The Morgan fingerprint density at radius 3 is 2.79 bits per heavy atom. The Morgan fingerprint density at radius 1 is 1.37 bits per heavy atom. The zero-order chi connectivity index (χ0) is 13.8. The van der Waals surface area contributed by atoms with Gasteiger partial charge in [0.05, 0.1) is 20.3 Å². The normalized spacial score (nSPS) is 22.0. The van der Waals surface area contributed by atoms with Gasteiger partial charge in [-0.3, -0.25) is 4.90 Å². The third kappa shape index (κ3) is 3.00. The first-order chi connectivity index (χ1) is 9.17. The van der Waals surface area contributed by atoms with E-state index in [0.29, 0.717) is 0 Å². The van der Waals surface area contributed by atoms with E-state index in [4.69, 9.17) is 15.2 Å². The van der Waals surface area contributed by atoms with Gasteiger partial charge in [-0.05, 0) is 13.1 Å². The summed E-state index contributed by atoms with van der Waals surface area (Å²) in [6.45, 7) is 2.92. The minimum atomic E-state index is -0.0846. The topological polar surface area (TPSA) is 59.8 Å². The van der Waals surface area contributed by atoms with Crippen LogP contribution in [0.4, 0.5) is 0 Å². The molecule has 5 nitrogen and oxygen atoms in total. The van der Waals surface area contributed by atoms with Crippen LogP contribution in [0.5, 0.6) is 11.5 Å². The van der Waals surface area contributed by atoms with Crippen molar-refractivity contribution < 1.29 is 9.47 Å². The predicted octanol–water partition coefficient (Wildman–Crippen LogP) is 0.607. The van der Waals surface area contributed by atoms with E-state index in [1.54, 1.807) is 14.2 Å². The third-order valence-electron chi connectivity index (χ3n) is 3.78. The number of rotatable bonds is 4. The van der Waals surface area contributed by atoms with Crippen LogP contribution in [0, 0.1) is 0 Å². The lowest BCUT2D eigenvalue weighted by Gasteiger charge is -2.37. The first-order valence-corrected chi connectivity index (χ1v) is 6.56. The molecule has 2 rings (SSSR count). The molecule has 1 saturated heterocycles. The number of piperazine rings is 1. The molecule has 1 aromatic carbocycles. The Hall–Kier alpha value is -1.30. The summed E-state index contributed by atoms with van der Waals surface area (Å²) in [6.07, 6.45) is 0. The molecule has 0 saturated carbocycles. The predicted molar refractivity (Wildman–Crippen MR) is 75.8 cm³/mol. The van der Waals surface area contributed by atoms with Gasteiger partial charge in [-0.15, -0.1) is 0 Å². The molecule has 0 radical (unpaired) electrons. The molecule has 1 aliphatic heterocycles. The lowest BCUT2D eigenvalue weighted by atomic mass is 9.96. The van der Waals surface area contributed by atoms with Gasteiger partial charge in [0.2, 0.25) is 0 Å². The summed E-state index contributed by atoms with van der Waals surface area (Å²) in [4.78, 5) is 2.30. The van der Waals surface area contributed by atoms with Crippen molar-refractivity contribution in [3.05, 3.63) is 23.8 Å². The maximum atomic E-state index is 6.43. The van der Waals surface area contributed by atoms with Crippen LogP contribution in [-0.4, -0.2) is 51.8 Å². The van der Waals surface area contributed by atoms with Crippen LogP contribution in [0.1, 0.15) is 11.6 Å². The fraction of sp³-hybridized carbons (Fsp3) is 0.571. The van der Waals surface area contributed by atoms with Gasteiger partial charge in [0.15, 0.2) is 0 Å². The molecule has 1 fully saturated rings. The van der Waals surface area contributed by atoms with Crippen molar-refractivity contribution >= 4 is 0 Å². The molecule has 0 amide bonds. The summed E-state index contributed by atoms with van der Waals surface area (Å²) in [6, 6.07) is 5.99. The molecule has 0 aliphatic carbocycles. The van der Waals surface area contributed by atoms with Crippen LogP contribution >= 0.6 is 0 Å². The van der Waals surface area contributed by atoms with Crippen molar-refractivity contribution in [2.45, 2.75) is 12.1 Å². The Kier molecular flexibility index (Phi) is 4.63. The van der Waals surface area contributed by atoms with Crippen molar-refractivity contribution in [2.24, 2.45) is 5.73 Å². The zero-order valence-corrected chi connectivity index (χ0v) is 11.8. The SMILES string of the molecule is COc1ccc(C(N)C2CNCCN2C)c(OC)c1. The number of nitrogens with two attached hydrogens (primary N) is 1. The molecule has 5 heteroatoms. The number of nitrogens with zero attached hydrogens (tertiary/aromatic N) is 1. The number of hydrogen-bond acceptors (Lipinski definition) is 5. The summed E-state index contributed by atoms with van der Waals surface area (Å²) in [5.41, 5.74) is 7.44. The first-order valence-electron chi connectivity index (χ1n) is 6.56. The minimum absolute atomic E-state index is 0.0846. The van der Waals surface area contributed by atoms with E-state index in [1.165, 1.54) is 0 Å². The molecule has 2 unspecified atom stereocenters. The average Bonchev–Trinajstić information content (AvgIpc) is 2.46. The Balaban J connectivity index is 2.24. The van der Waals surface area contributed by atoms with Crippen LogP contribution in [-0.2, 0) is 0 Å². The highest BCUT2D eigenvalue weighted by Crippen LogP contribution is 2.31. The highest BCUT2D eigenvalue weighted by Gasteiger charge is 2.27. The van der Waals surface area contributed by atoms with E-state index in [0.717, 1.165) is 36.7 Å². The molecule has 2 atom stereocenters. The number of methoxy groups -OCH3 is 2. The molecule has 1 heterocycles. The van der Waals surface area contributed by atoms with E-state index in [9.17, 15) is 0 Å². The quantitative estimate of drug-likeness (QED) is 0.835. The Labute approximate surface area is 114 Å². The molecule has 1 aromatic rings. The molecular formula is C14H23N3O2. The molecule has 0 bridgehead atoms. The fourth-order valence-corrected chi connectivity index (χ4v) is 2.53. The molecule has 106 valence electrons. The molecule has 0 spiro atoms. The maximum absolute atomic E-state index is 6.43. The minimum Gasteiger partial charge on any atom is -0.497 e. The monoisotopic (exact) mass is 265 g/mol. The first kappa shape index (κ1) is 14.1. The van der Waals surface area contributed by atoms with Crippen molar-refractivity contribution in [1.82, 2.24) is 10.2 Å². The van der Waals surface area contributed by atoms with Gasteiger partial charge < -0.3 is 20.5 Å². The van der Waals surface area contributed by atoms with Gasteiger partial charge in [-0.2, -0.15) is 0 Å². The maximum Gasteiger partial charge on any atom is 0.127 e. The molecular weight excluding hydrogens is 242 g/mol. The van der Waals surface area contributed by atoms with E-state index < -0.39 is 0 Å². The summed E-state index contributed by atoms with van der Waals surface area (Å²) in [5.74, 6) is 1.56. The van der Waals surface area contributed by atoms with Gasteiger partial charge in [0.1, 0.15) is 11.5 Å². The summed E-state index contributed by atoms with van der Waals surface area (Å²) in [5, 5.41) is 3.39. The van der Waals surface area contributed by atoms with Gasteiger partial charge in [0.25, 0.3) is 0 Å². The second kappa shape index (κ2) is 6.23. The number of ether oxygens (including phenoxy) is 2. The van der Waals surface area contributed by atoms with Crippen molar-refractivity contribution in [1.29, 1.82) is 0 Å². The summed E-state index contributed by atoms with van der Waals surface area (Å²) in [7, 11) is 5.42. The molecule has 3 N–H and O–H groups in total. The number of nitrogens with one attached hydrogen (secondary N) is 1. The lowest BCUT2D eigenvalue weighted by molar-refractivity contribution is 0.172. The van der Waals surface area contributed by atoms with Gasteiger partial charge >= 0.3 is 0 Å². The second-order valence-electron chi connectivity index (χ2n) is 4.89. The largest absolute Gasteiger partial charge is 0.497 e. The zero-order valence-electron chi connectivity index (χ0n) is 11.8. The Morgan fingerprint density at radius 2 is 2.16 bits per heavy atom. The van der Waals surface area contributed by atoms with Crippen LogP contribution < -0.4 is 20.5 Å². The van der Waals surface area contributed by atoms with E-state index >= 15 is 0 Å². The van der Waals surface area contributed by atoms with Gasteiger partial charge in [-0.1, -0.05) is 6.07 Å². The summed E-state index contributed by atoms with van der Waals surface area (Å²) < 4.78 is 10.7. The second-order valence-corrected chi connectivity index (χ2v) is 4.89. The highest BCUT2D eigenvalue weighted by atomic mass is 16.5. The number of benzene rings is 1. The molecule has 0 aromatic heterocycles. The fourth-order valence-electron chi connectivity index (χ4n) is 2.53. The van der Waals surface area contributed by atoms with Crippen molar-refractivity contribution in [3.63, 3.8) is 0 Å². The van der Waals surface area contributed by atoms with Gasteiger partial charge in [-0.25, -0.2) is 0 Å². The van der Waals surface area contributed by atoms with Crippen molar-refractivity contribution in [3.8, 4) is 11.5 Å². The van der Waals surface area contributed by atoms with Crippen LogP contribution in [0.2, 0.25) is 0 Å². The number of hydrogen-bond donors (Lipinski definition) is 2. The lowest BCUT2D eigenvalue weighted by Crippen LogP contribution is -2.53. The average molecular weight is 265 g/mol. The van der Waals surface area contributed by atoms with E-state index in [1.807, 2.05) is 18.2 Å². The Bertz CT molecular complexity index is 425. The van der Waals surface area contributed by atoms with Crippen molar-refractivity contribution in [2.75, 3.05) is 40.9 Å². The summed E-state index contributed by atoms with van der Waals surface area (Å²) >= 11 is 0. The number of likely N-dealkylation sites (N-methyl/N-ethyl adjacent to an activating group) is 1. The van der Waals surface area contributed by atoms with E-state index in [-0.39, 0.29) is 12.1 Å². The van der Waals surface area contributed by atoms with E-state index in [2.05, 4.69) is 17.3 Å². The van der Waals surface area contributed by atoms with Crippen LogP contribution in [0.3, 0.4) is 0 Å². The highest BCUT2D eigenvalue weighted by molar-refractivity contribution is 5.43. The van der Waals surface area contributed by atoms with Crippen LogP contribution in [0.15, 0.2) is 18.2 Å². The smallest absolute Gasteiger partial charge is 0.127 e. The third-order valence-corrected chi connectivity index (χ3v) is 3.78. The van der Waals surface area contributed by atoms with Gasteiger partial charge in [0, 0.05) is 37.3 Å². The molecule has 19 heavy (non-hydrogen) atoms. The standard InChI is InChI=1S/C14H23N3O2/c1-17-7-6-16-9-12(17)14(15)11-5-4-10(18-2)8-13(11)19-3/h4-5,8,12,14,16H,6-7,9,15H2,1-3H3.